The Balaban J connectivity index is 1.58. The zero-order valence-corrected chi connectivity index (χ0v) is 16.4. The first-order valence-electron chi connectivity index (χ1n) is 9.63. The summed E-state index contributed by atoms with van der Waals surface area (Å²) < 4.78 is 18.3. The molecule has 1 aromatic rings. The van der Waals surface area contributed by atoms with E-state index in [9.17, 15) is 23.6 Å². The molecule has 1 saturated heterocycles. The molecule has 8 nitrogen and oxygen atoms in total. The van der Waals surface area contributed by atoms with Crippen molar-refractivity contribution < 1.29 is 28.3 Å². The molecule has 29 heavy (non-hydrogen) atoms. The molecule has 2 fully saturated rings. The highest BCUT2D eigenvalue weighted by molar-refractivity contribution is 6.09. The fourth-order valence-electron chi connectivity index (χ4n) is 3.87. The summed E-state index contributed by atoms with van der Waals surface area (Å²) in [5.74, 6) is -2.50. The molecule has 1 aliphatic heterocycles. The van der Waals surface area contributed by atoms with E-state index in [1.165, 1.54) is 25.1 Å². The van der Waals surface area contributed by atoms with Crippen molar-refractivity contribution in [1.82, 2.24) is 10.2 Å². The summed E-state index contributed by atoms with van der Waals surface area (Å²) in [6, 6.07) is 4.66. The minimum absolute atomic E-state index is 0.0234. The Hall–Kier alpha value is -2.97. The van der Waals surface area contributed by atoms with Crippen molar-refractivity contribution in [3.05, 3.63) is 30.1 Å². The summed E-state index contributed by atoms with van der Waals surface area (Å²) in [5, 5.41) is 5.19. The van der Waals surface area contributed by atoms with Gasteiger partial charge in [-0.25, -0.2) is 9.18 Å². The van der Waals surface area contributed by atoms with Gasteiger partial charge in [-0.05, 0) is 43.9 Å². The molecular formula is C20H24FN3O5. The molecule has 2 N–H and O–H groups in total. The fraction of sp³-hybridized carbons (Fsp3) is 0.500. The first kappa shape index (κ1) is 20.8. The zero-order valence-electron chi connectivity index (χ0n) is 16.4. The molecule has 0 unspecified atom stereocenters. The van der Waals surface area contributed by atoms with Gasteiger partial charge in [-0.15, -0.1) is 0 Å². The number of ether oxygens (including phenoxy) is 1. The molecule has 4 amide bonds. The maximum atomic E-state index is 13.2. The number of halogens is 1. The first-order chi connectivity index (χ1) is 13.7. The molecule has 1 aromatic carbocycles. The van der Waals surface area contributed by atoms with Crippen LogP contribution in [0.5, 0.6) is 0 Å². The van der Waals surface area contributed by atoms with Gasteiger partial charge in [0.25, 0.3) is 11.8 Å². The van der Waals surface area contributed by atoms with Crippen molar-refractivity contribution >= 4 is 29.5 Å². The molecule has 1 heterocycles. The quantitative estimate of drug-likeness (QED) is 0.577. The molecule has 3 atom stereocenters. The highest BCUT2D eigenvalue weighted by atomic mass is 19.1. The number of nitrogens with one attached hydrogen (secondary N) is 2. The summed E-state index contributed by atoms with van der Waals surface area (Å²) in [7, 11) is 0. The number of benzene rings is 1. The third-order valence-electron chi connectivity index (χ3n) is 5.56. The average Bonchev–Trinajstić information content (AvgIpc) is 2.89. The SMILES string of the molecule is C[C@H](OC(=O)CN1C(=O)N[C@]2(CCCC[C@@H]2C)C1=O)C(=O)Nc1cccc(F)c1. The molecule has 1 saturated carbocycles. The first-order valence-corrected chi connectivity index (χ1v) is 9.63. The number of amides is 4. The second-order valence-electron chi connectivity index (χ2n) is 7.57. The number of urea groups is 1. The highest BCUT2D eigenvalue weighted by Crippen LogP contribution is 2.38. The minimum atomic E-state index is -1.19. The molecule has 156 valence electrons. The predicted molar refractivity (Wildman–Crippen MR) is 101 cm³/mol. The molecule has 9 heteroatoms. The molecule has 3 rings (SSSR count). The Morgan fingerprint density at radius 3 is 2.83 bits per heavy atom. The number of carbonyl (C=O) groups is 4. The summed E-state index contributed by atoms with van der Waals surface area (Å²) >= 11 is 0. The van der Waals surface area contributed by atoms with E-state index in [0.717, 1.165) is 30.2 Å². The van der Waals surface area contributed by atoms with Gasteiger partial charge < -0.3 is 15.4 Å². The minimum Gasteiger partial charge on any atom is -0.451 e. The number of anilines is 1. The Morgan fingerprint density at radius 2 is 2.14 bits per heavy atom. The highest BCUT2D eigenvalue weighted by Gasteiger charge is 2.55. The Labute approximate surface area is 167 Å². The van der Waals surface area contributed by atoms with E-state index >= 15 is 0 Å². The normalized spacial score (nSPS) is 24.9. The smallest absolute Gasteiger partial charge is 0.327 e. The van der Waals surface area contributed by atoms with Crippen LogP contribution >= 0.6 is 0 Å². The Bertz CT molecular complexity index is 845. The van der Waals surface area contributed by atoms with Gasteiger partial charge in [0.2, 0.25) is 0 Å². The van der Waals surface area contributed by atoms with Crippen LogP contribution in [0.1, 0.15) is 39.5 Å². The van der Waals surface area contributed by atoms with Crippen molar-refractivity contribution in [1.29, 1.82) is 0 Å². The predicted octanol–water partition coefficient (Wildman–Crippen LogP) is 2.20. The van der Waals surface area contributed by atoms with Gasteiger partial charge in [0.05, 0.1) is 0 Å². The van der Waals surface area contributed by atoms with Crippen LogP contribution in [0.3, 0.4) is 0 Å². The second-order valence-corrected chi connectivity index (χ2v) is 7.57. The average molecular weight is 405 g/mol. The number of hydrogen-bond acceptors (Lipinski definition) is 5. The van der Waals surface area contributed by atoms with E-state index in [1.54, 1.807) is 0 Å². The van der Waals surface area contributed by atoms with E-state index in [4.69, 9.17) is 4.74 Å². The molecule has 0 bridgehead atoms. The van der Waals surface area contributed by atoms with Gasteiger partial charge in [0, 0.05) is 5.69 Å². The lowest BCUT2D eigenvalue weighted by Crippen LogP contribution is -2.54. The summed E-state index contributed by atoms with van der Waals surface area (Å²) in [6.45, 7) is 2.69. The maximum absolute atomic E-state index is 13.2. The van der Waals surface area contributed by atoms with Crippen LogP contribution in [0.15, 0.2) is 24.3 Å². The largest absolute Gasteiger partial charge is 0.451 e. The molecular weight excluding hydrogens is 381 g/mol. The number of rotatable bonds is 5. The molecule has 2 aliphatic rings. The van der Waals surface area contributed by atoms with Gasteiger partial charge in [-0.1, -0.05) is 25.8 Å². The van der Waals surface area contributed by atoms with Crippen molar-refractivity contribution in [2.75, 3.05) is 11.9 Å². The van der Waals surface area contributed by atoms with Crippen LogP contribution in [0.25, 0.3) is 0 Å². The van der Waals surface area contributed by atoms with Gasteiger partial charge in [0.15, 0.2) is 6.10 Å². The van der Waals surface area contributed by atoms with E-state index < -0.39 is 47.8 Å². The molecule has 1 spiro atoms. The fourth-order valence-corrected chi connectivity index (χ4v) is 3.87. The van der Waals surface area contributed by atoms with Gasteiger partial charge in [-0.2, -0.15) is 0 Å². The summed E-state index contributed by atoms with van der Waals surface area (Å²) in [6.07, 6.45) is 1.99. The van der Waals surface area contributed by atoms with Crippen LogP contribution in [-0.2, 0) is 19.1 Å². The third kappa shape index (κ3) is 4.23. The number of nitrogens with zero attached hydrogens (tertiary/aromatic N) is 1. The van der Waals surface area contributed by atoms with E-state index in [1.807, 2.05) is 6.92 Å². The van der Waals surface area contributed by atoms with Crippen LogP contribution < -0.4 is 10.6 Å². The summed E-state index contributed by atoms with van der Waals surface area (Å²) in [4.78, 5) is 50.4. The molecule has 1 aliphatic carbocycles. The van der Waals surface area contributed by atoms with Crippen molar-refractivity contribution in [2.24, 2.45) is 5.92 Å². The van der Waals surface area contributed by atoms with Gasteiger partial charge in [-0.3, -0.25) is 19.3 Å². The Morgan fingerprint density at radius 1 is 1.38 bits per heavy atom. The van der Waals surface area contributed by atoms with Crippen molar-refractivity contribution in [3.63, 3.8) is 0 Å². The van der Waals surface area contributed by atoms with E-state index in [0.29, 0.717) is 6.42 Å². The van der Waals surface area contributed by atoms with Crippen molar-refractivity contribution in [3.8, 4) is 0 Å². The summed E-state index contributed by atoms with van der Waals surface area (Å²) in [5.41, 5.74) is -0.740. The van der Waals surface area contributed by atoms with Crippen molar-refractivity contribution in [2.45, 2.75) is 51.2 Å². The van der Waals surface area contributed by atoms with E-state index in [-0.39, 0.29) is 11.6 Å². The molecule has 0 aromatic heterocycles. The Kier molecular flexibility index (Phi) is 5.86. The van der Waals surface area contributed by atoms with Gasteiger partial charge in [0.1, 0.15) is 17.9 Å². The van der Waals surface area contributed by atoms with Crippen LogP contribution in [0, 0.1) is 11.7 Å². The van der Waals surface area contributed by atoms with Crippen LogP contribution in [0.4, 0.5) is 14.9 Å². The van der Waals surface area contributed by atoms with Crippen LogP contribution in [0.2, 0.25) is 0 Å². The van der Waals surface area contributed by atoms with E-state index in [2.05, 4.69) is 10.6 Å². The second kappa shape index (κ2) is 8.18. The maximum Gasteiger partial charge on any atom is 0.327 e. The lowest BCUT2D eigenvalue weighted by atomic mass is 9.73. The number of carbonyl (C=O) groups excluding carboxylic acids is 4. The topological polar surface area (TPSA) is 105 Å². The number of esters is 1. The number of hydrogen-bond donors (Lipinski definition) is 2. The lowest BCUT2D eigenvalue weighted by Gasteiger charge is -2.36. The van der Waals surface area contributed by atoms with Gasteiger partial charge >= 0.3 is 12.0 Å². The lowest BCUT2D eigenvalue weighted by molar-refractivity contribution is -0.155. The zero-order chi connectivity index (χ0) is 21.2. The molecule has 0 radical (unpaired) electrons. The monoisotopic (exact) mass is 405 g/mol. The van der Waals surface area contributed by atoms with Crippen LogP contribution in [-0.4, -0.2) is 46.9 Å². The number of imide groups is 1. The third-order valence-corrected chi connectivity index (χ3v) is 5.56. The standard InChI is InChI=1S/C20H24FN3O5/c1-12-6-3-4-9-20(12)18(27)24(19(28)23-20)11-16(25)29-13(2)17(26)22-15-8-5-7-14(21)10-15/h5,7-8,10,12-13H,3-4,6,9,11H2,1-2H3,(H,22,26)(H,23,28)/t12-,13-,20-/m0/s1.